The van der Waals surface area contributed by atoms with Crippen LogP contribution in [0.25, 0.3) is 11.6 Å². The summed E-state index contributed by atoms with van der Waals surface area (Å²) >= 11 is 1.22. The third-order valence-electron chi connectivity index (χ3n) is 4.78. The number of amides is 1. The molecule has 0 unspecified atom stereocenters. The quantitative estimate of drug-likeness (QED) is 0.182. The molecule has 3 aromatic rings. The number of carbonyl (C=O) groups excluding carboxylic acids is 2. The maximum atomic E-state index is 13.6. The zero-order chi connectivity index (χ0) is 23.8. The predicted molar refractivity (Wildman–Crippen MR) is 123 cm³/mol. The maximum absolute atomic E-state index is 13.6. The fourth-order valence-corrected chi connectivity index (χ4v) is 3.76. The van der Waals surface area contributed by atoms with Crippen molar-refractivity contribution in [3.63, 3.8) is 0 Å². The number of nitrogens with two attached hydrogens (primary N) is 1. The average molecular weight is 474 g/mol. The summed E-state index contributed by atoms with van der Waals surface area (Å²) in [5.74, 6) is -2.63. The van der Waals surface area contributed by atoms with Crippen molar-refractivity contribution in [1.82, 2.24) is 10.3 Å². The van der Waals surface area contributed by atoms with Crippen LogP contribution in [-0.4, -0.2) is 23.2 Å². The van der Waals surface area contributed by atoms with Crippen molar-refractivity contribution >= 4 is 40.5 Å². The van der Waals surface area contributed by atoms with Gasteiger partial charge in [0.2, 0.25) is 0 Å². The minimum absolute atomic E-state index is 0.0613. The lowest BCUT2D eigenvalue weighted by atomic mass is 10.0. The average Bonchev–Trinajstić information content (AvgIpc) is 3.23. The van der Waals surface area contributed by atoms with Crippen LogP contribution >= 0.6 is 11.3 Å². The number of nitrogens with one attached hydrogen (secondary N) is 1. The molecule has 0 saturated heterocycles. The first-order valence-corrected chi connectivity index (χ1v) is 11.2. The van der Waals surface area contributed by atoms with Gasteiger partial charge in [-0.25, -0.2) is 18.2 Å². The Labute approximate surface area is 193 Å². The largest absolute Gasteiger partial charge is 0.383 e. The van der Waals surface area contributed by atoms with E-state index in [-0.39, 0.29) is 11.4 Å². The molecule has 33 heavy (non-hydrogen) atoms. The van der Waals surface area contributed by atoms with Gasteiger partial charge in [-0.3, -0.25) is 9.59 Å². The van der Waals surface area contributed by atoms with E-state index < -0.39 is 23.4 Å². The van der Waals surface area contributed by atoms with Crippen molar-refractivity contribution in [2.45, 2.75) is 25.7 Å². The first-order chi connectivity index (χ1) is 15.8. The summed E-state index contributed by atoms with van der Waals surface area (Å²) in [5.41, 5.74) is 6.45. The molecule has 0 aliphatic rings. The van der Waals surface area contributed by atoms with Crippen LogP contribution in [0, 0.1) is 17.5 Å². The molecule has 1 heterocycles. The fourth-order valence-electron chi connectivity index (χ4n) is 3.08. The van der Waals surface area contributed by atoms with Crippen molar-refractivity contribution < 1.29 is 22.8 Å². The number of nitrogen functional groups attached to an aromatic ring is 1. The molecule has 172 valence electrons. The number of thiazole rings is 1. The summed E-state index contributed by atoms with van der Waals surface area (Å²) in [7, 11) is 0. The Hall–Kier alpha value is -3.46. The second kappa shape index (κ2) is 11.4. The number of hydrogen-bond donors (Lipinski definition) is 2. The van der Waals surface area contributed by atoms with Crippen molar-refractivity contribution in [2.24, 2.45) is 0 Å². The van der Waals surface area contributed by atoms with Crippen molar-refractivity contribution in [3.05, 3.63) is 81.4 Å². The van der Waals surface area contributed by atoms with Gasteiger partial charge in [0.25, 0.3) is 5.91 Å². The van der Waals surface area contributed by atoms with Crippen LogP contribution in [0.1, 0.15) is 46.6 Å². The number of ketones is 1. The van der Waals surface area contributed by atoms with Crippen LogP contribution < -0.4 is 11.1 Å². The van der Waals surface area contributed by atoms with Gasteiger partial charge in [-0.15, -0.1) is 11.3 Å². The van der Waals surface area contributed by atoms with Crippen LogP contribution in [-0.2, 0) is 4.79 Å². The number of benzene rings is 2. The van der Waals surface area contributed by atoms with E-state index in [1.165, 1.54) is 47.7 Å². The Morgan fingerprint density at radius 3 is 2.42 bits per heavy atom. The summed E-state index contributed by atoms with van der Waals surface area (Å²) in [6.07, 6.45) is 3.76. The Morgan fingerprint density at radius 2 is 1.76 bits per heavy atom. The third kappa shape index (κ3) is 7.01. The van der Waals surface area contributed by atoms with Gasteiger partial charge in [0.15, 0.2) is 22.4 Å². The first-order valence-electron chi connectivity index (χ1n) is 10.3. The van der Waals surface area contributed by atoms with Crippen molar-refractivity contribution in [1.29, 1.82) is 0 Å². The zero-order valence-electron chi connectivity index (χ0n) is 17.6. The Balaban J connectivity index is 1.57. The SMILES string of the molecule is Nc1csc(C(=O)CCCCCNC(=O)C(=Cc2ccc(F)c(F)c2)c2ccc(F)cc2)n1. The number of rotatable bonds is 10. The van der Waals surface area contributed by atoms with E-state index in [1.54, 1.807) is 5.38 Å². The van der Waals surface area contributed by atoms with Crippen molar-refractivity contribution in [2.75, 3.05) is 12.3 Å². The van der Waals surface area contributed by atoms with Crippen LogP contribution in [0.4, 0.5) is 19.0 Å². The Morgan fingerprint density at radius 1 is 1.00 bits per heavy atom. The standard InChI is InChI=1S/C24H22F3N3O2S/c25-17-8-6-16(7-9-17)18(12-15-5-10-19(26)20(27)13-15)23(32)29-11-3-1-2-4-21(31)24-30-22(28)14-33-24/h5-10,12-14H,1-4,11,28H2,(H,29,32). The monoisotopic (exact) mass is 473 g/mol. The summed E-state index contributed by atoms with van der Waals surface area (Å²) in [6, 6.07) is 8.63. The minimum Gasteiger partial charge on any atom is -0.383 e. The predicted octanol–water partition coefficient (Wildman–Crippen LogP) is 5.24. The van der Waals surface area contributed by atoms with E-state index in [2.05, 4.69) is 10.3 Å². The summed E-state index contributed by atoms with van der Waals surface area (Å²) in [6.45, 7) is 0.355. The summed E-state index contributed by atoms with van der Waals surface area (Å²) < 4.78 is 40.1. The highest BCUT2D eigenvalue weighted by molar-refractivity contribution is 7.12. The number of aromatic nitrogens is 1. The summed E-state index contributed by atoms with van der Waals surface area (Å²) in [4.78, 5) is 28.8. The van der Waals surface area contributed by atoms with Gasteiger partial charge < -0.3 is 11.1 Å². The highest BCUT2D eigenvalue weighted by Crippen LogP contribution is 2.21. The minimum atomic E-state index is -1.03. The van der Waals surface area contributed by atoms with E-state index in [1.807, 2.05) is 0 Å². The van der Waals surface area contributed by atoms with Gasteiger partial charge in [0, 0.05) is 23.9 Å². The number of anilines is 1. The highest BCUT2D eigenvalue weighted by Gasteiger charge is 2.14. The number of unbranched alkanes of at least 4 members (excludes halogenated alkanes) is 2. The second-order valence-electron chi connectivity index (χ2n) is 7.31. The third-order valence-corrected chi connectivity index (χ3v) is 5.68. The van der Waals surface area contributed by atoms with Crippen LogP contribution in [0.5, 0.6) is 0 Å². The molecule has 9 heteroatoms. The molecule has 5 nitrogen and oxygen atoms in total. The fraction of sp³-hybridized carbons (Fsp3) is 0.208. The molecule has 0 radical (unpaired) electrons. The smallest absolute Gasteiger partial charge is 0.251 e. The maximum Gasteiger partial charge on any atom is 0.251 e. The molecular formula is C24H22F3N3O2S. The lowest BCUT2D eigenvalue weighted by molar-refractivity contribution is -0.115. The molecule has 0 fully saturated rings. The molecule has 0 saturated carbocycles. The van der Waals surface area contributed by atoms with Gasteiger partial charge in [-0.2, -0.15) is 0 Å². The van der Waals surface area contributed by atoms with Gasteiger partial charge in [-0.05, 0) is 54.3 Å². The molecule has 3 N–H and O–H groups in total. The number of halogens is 3. The van der Waals surface area contributed by atoms with E-state index in [0.29, 0.717) is 54.2 Å². The zero-order valence-corrected chi connectivity index (χ0v) is 18.4. The van der Waals surface area contributed by atoms with Crippen LogP contribution in [0.15, 0.2) is 47.8 Å². The molecular weight excluding hydrogens is 451 g/mol. The Kier molecular flexibility index (Phi) is 8.37. The van der Waals surface area contributed by atoms with E-state index in [9.17, 15) is 22.8 Å². The number of nitrogens with zero attached hydrogens (tertiary/aromatic N) is 1. The van der Waals surface area contributed by atoms with E-state index >= 15 is 0 Å². The number of hydrogen-bond acceptors (Lipinski definition) is 5. The molecule has 3 rings (SSSR count). The van der Waals surface area contributed by atoms with E-state index in [4.69, 9.17) is 5.73 Å². The normalized spacial score (nSPS) is 11.4. The van der Waals surface area contributed by atoms with Gasteiger partial charge >= 0.3 is 0 Å². The van der Waals surface area contributed by atoms with Crippen molar-refractivity contribution in [3.8, 4) is 0 Å². The molecule has 0 aliphatic heterocycles. The molecule has 0 aliphatic carbocycles. The summed E-state index contributed by atoms with van der Waals surface area (Å²) in [5, 5.41) is 4.80. The molecule has 0 atom stereocenters. The second-order valence-corrected chi connectivity index (χ2v) is 8.16. The van der Waals surface area contributed by atoms with Crippen LogP contribution in [0.3, 0.4) is 0 Å². The van der Waals surface area contributed by atoms with Gasteiger partial charge in [-0.1, -0.05) is 24.6 Å². The number of carbonyl (C=O) groups is 2. The molecule has 1 amide bonds. The number of Topliss-reactive ketones (excluding diaryl/α,β-unsaturated/α-hetero) is 1. The molecule has 1 aromatic heterocycles. The molecule has 0 bridgehead atoms. The molecule has 0 spiro atoms. The molecule has 2 aromatic carbocycles. The van der Waals surface area contributed by atoms with Gasteiger partial charge in [0.1, 0.15) is 11.6 Å². The highest BCUT2D eigenvalue weighted by atomic mass is 32.1. The Bertz CT molecular complexity index is 1160. The van der Waals surface area contributed by atoms with Gasteiger partial charge in [0.05, 0.1) is 0 Å². The van der Waals surface area contributed by atoms with E-state index in [0.717, 1.165) is 12.1 Å². The first kappa shape index (κ1) is 24.2. The lowest BCUT2D eigenvalue weighted by Crippen LogP contribution is -2.25. The lowest BCUT2D eigenvalue weighted by Gasteiger charge is -2.10. The van der Waals surface area contributed by atoms with Crippen LogP contribution in [0.2, 0.25) is 0 Å². The topological polar surface area (TPSA) is 85.1 Å².